The van der Waals surface area contributed by atoms with E-state index in [2.05, 4.69) is 32.7 Å². The van der Waals surface area contributed by atoms with Crippen molar-refractivity contribution in [1.82, 2.24) is 10.2 Å². The van der Waals surface area contributed by atoms with Crippen molar-refractivity contribution in [1.29, 1.82) is 0 Å². The molecule has 0 saturated carbocycles. The number of amidine groups is 1. The van der Waals surface area contributed by atoms with E-state index in [0.29, 0.717) is 22.8 Å². The molecule has 4 nitrogen and oxygen atoms in total. The van der Waals surface area contributed by atoms with Gasteiger partial charge in [0.2, 0.25) is 0 Å². The van der Waals surface area contributed by atoms with Gasteiger partial charge in [-0.15, -0.1) is 6.58 Å². The molecular weight excluding hydrogens is 453 g/mol. The van der Waals surface area contributed by atoms with Gasteiger partial charge in [-0.05, 0) is 30.3 Å². The van der Waals surface area contributed by atoms with Crippen molar-refractivity contribution >= 4 is 38.8 Å². The van der Waals surface area contributed by atoms with Crippen LogP contribution in [0.15, 0.2) is 70.7 Å². The predicted molar refractivity (Wildman–Crippen MR) is 120 cm³/mol. The van der Waals surface area contributed by atoms with Gasteiger partial charge in [0.05, 0.1) is 0 Å². The molecule has 2 aliphatic heterocycles. The summed E-state index contributed by atoms with van der Waals surface area (Å²) in [6.07, 6.45) is 1.86. The first-order chi connectivity index (χ1) is 14.0. The van der Waals surface area contributed by atoms with Crippen molar-refractivity contribution in [2.75, 3.05) is 25.4 Å². The monoisotopic (exact) mass is 473 g/mol. The van der Waals surface area contributed by atoms with Crippen LogP contribution in [0.1, 0.15) is 15.9 Å². The molecule has 0 radical (unpaired) electrons. The number of amides is 1. The highest BCUT2D eigenvalue weighted by Crippen LogP contribution is 2.46. The Labute approximate surface area is 182 Å². The smallest absolute Gasteiger partial charge is 0.257 e. The second-order valence-electron chi connectivity index (χ2n) is 7.28. The van der Waals surface area contributed by atoms with Crippen LogP contribution in [0.3, 0.4) is 0 Å². The largest absolute Gasteiger partial charge is 0.301 e. The predicted octanol–water partition coefficient (Wildman–Crippen LogP) is 4.43. The van der Waals surface area contributed by atoms with Gasteiger partial charge in [-0.25, -0.2) is 9.38 Å². The first kappa shape index (κ1) is 20.3. The Kier molecular flexibility index (Phi) is 5.90. The fourth-order valence-corrected chi connectivity index (χ4v) is 5.54. The van der Waals surface area contributed by atoms with Gasteiger partial charge in [-0.1, -0.05) is 52.0 Å². The average molecular weight is 474 g/mol. The fourth-order valence-electron chi connectivity index (χ4n) is 4.05. The Bertz CT molecular complexity index is 968. The number of benzene rings is 2. The Hall–Kier alpha value is -1.96. The molecule has 0 spiro atoms. The van der Waals surface area contributed by atoms with Gasteiger partial charge in [0.15, 0.2) is 5.17 Å². The van der Waals surface area contributed by atoms with Crippen LogP contribution in [0.5, 0.6) is 0 Å². The van der Waals surface area contributed by atoms with Crippen molar-refractivity contribution in [3.8, 4) is 0 Å². The van der Waals surface area contributed by atoms with Crippen LogP contribution in [0.25, 0.3) is 0 Å². The number of rotatable bonds is 4. The molecule has 7 heteroatoms. The average Bonchev–Trinajstić information content (AvgIpc) is 3.09. The van der Waals surface area contributed by atoms with Gasteiger partial charge in [-0.3, -0.25) is 9.69 Å². The van der Waals surface area contributed by atoms with Gasteiger partial charge >= 0.3 is 0 Å². The van der Waals surface area contributed by atoms with E-state index >= 15 is 0 Å². The molecule has 2 atom stereocenters. The van der Waals surface area contributed by atoms with Crippen LogP contribution < -0.4 is 5.32 Å². The summed E-state index contributed by atoms with van der Waals surface area (Å²) in [5.74, 6) is 0.422. The molecule has 29 heavy (non-hydrogen) atoms. The maximum atomic E-state index is 14.9. The quantitative estimate of drug-likeness (QED) is 0.667. The lowest BCUT2D eigenvalue weighted by atomic mass is 9.81. The summed E-state index contributed by atoms with van der Waals surface area (Å²) in [5.41, 5.74) is 0.400. The van der Waals surface area contributed by atoms with Crippen LogP contribution in [0.2, 0.25) is 0 Å². The molecule has 1 fully saturated rings. The van der Waals surface area contributed by atoms with Gasteiger partial charge in [0.25, 0.3) is 5.91 Å². The summed E-state index contributed by atoms with van der Waals surface area (Å²) in [6, 6.07) is 14.0. The summed E-state index contributed by atoms with van der Waals surface area (Å²) < 4.78 is 15.7. The molecule has 0 aliphatic carbocycles. The summed E-state index contributed by atoms with van der Waals surface area (Å²) in [5, 5.41) is 3.46. The molecule has 2 heterocycles. The molecule has 1 amide bonds. The highest BCUT2D eigenvalue weighted by Gasteiger charge is 2.51. The molecule has 2 aromatic carbocycles. The van der Waals surface area contributed by atoms with Gasteiger partial charge in [-0.2, -0.15) is 0 Å². The number of nitrogens with zero attached hydrogens (tertiary/aromatic N) is 2. The van der Waals surface area contributed by atoms with Gasteiger partial charge in [0.1, 0.15) is 11.4 Å². The number of carbonyl (C=O) groups is 1. The molecule has 0 bridgehead atoms. The molecule has 2 aliphatic rings. The minimum Gasteiger partial charge on any atom is -0.301 e. The Morgan fingerprint density at radius 2 is 2.17 bits per heavy atom. The van der Waals surface area contributed by atoms with Crippen LogP contribution >= 0.6 is 27.7 Å². The van der Waals surface area contributed by atoms with E-state index < -0.39 is 5.54 Å². The number of aliphatic imine (C=N–C) groups is 1. The minimum absolute atomic E-state index is 0.147. The Morgan fingerprint density at radius 1 is 1.38 bits per heavy atom. The van der Waals surface area contributed by atoms with E-state index in [4.69, 9.17) is 4.99 Å². The summed E-state index contributed by atoms with van der Waals surface area (Å²) >= 11 is 4.99. The Balaban J connectivity index is 1.72. The van der Waals surface area contributed by atoms with Crippen LogP contribution in [-0.2, 0) is 5.54 Å². The Morgan fingerprint density at radius 3 is 2.93 bits per heavy atom. The van der Waals surface area contributed by atoms with E-state index in [-0.39, 0.29) is 17.6 Å². The zero-order valence-electron chi connectivity index (χ0n) is 15.8. The topological polar surface area (TPSA) is 44.7 Å². The van der Waals surface area contributed by atoms with Crippen molar-refractivity contribution in [3.63, 3.8) is 0 Å². The van der Waals surface area contributed by atoms with Crippen LogP contribution in [-0.4, -0.2) is 41.4 Å². The fraction of sp³-hybridized carbons (Fsp3) is 0.273. The van der Waals surface area contributed by atoms with Gasteiger partial charge in [0, 0.05) is 46.9 Å². The normalized spacial score (nSPS) is 23.9. The third kappa shape index (κ3) is 4.04. The van der Waals surface area contributed by atoms with Crippen molar-refractivity contribution in [2.24, 2.45) is 10.9 Å². The van der Waals surface area contributed by atoms with E-state index in [0.717, 1.165) is 23.3 Å². The van der Waals surface area contributed by atoms with Crippen LogP contribution in [0.4, 0.5) is 4.39 Å². The number of fused-ring (bicyclic) bond motifs is 1. The zero-order valence-corrected chi connectivity index (χ0v) is 18.2. The van der Waals surface area contributed by atoms with Gasteiger partial charge < -0.3 is 5.32 Å². The molecule has 4 rings (SSSR count). The molecular formula is C22H21BrFN3OS. The first-order valence-electron chi connectivity index (χ1n) is 9.39. The summed E-state index contributed by atoms with van der Waals surface area (Å²) in [6.45, 7) is 5.96. The maximum Gasteiger partial charge on any atom is 0.257 e. The van der Waals surface area contributed by atoms with Crippen molar-refractivity contribution < 1.29 is 9.18 Å². The molecule has 1 saturated heterocycles. The molecule has 0 aromatic heterocycles. The summed E-state index contributed by atoms with van der Waals surface area (Å²) in [7, 11) is 0. The summed E-state index contributed by atoms with van der Waals surface area (Å²) in [4.78, 5) is 19.8. The molecule has 2 aromatic rings. The van der Waals surface area contributed by atoms with Crippen LogP contribution in [0, 0.1) is 11.7 Å². The lowest BCUT2D eigenvalue weighted by molar-refractivity contribution is 0.0977. The zero-order chi connectivity index (χ0) is 20.4. The molecule has 0 unspecified atom stereocenters. The highest BCUT2D eigenvalue weighted by atomic mass is 79.9. The second kappa shape index (κ2) is 8.42. The number of hydrogen-bond donors (Lipinski definition) is 1. The maximum absolute atomic E-state index is 14.9. The van der Waals surface area contributed by atoms with Crippen molar-refractivity contribution in [2.45, 2.75) is 5.54 Å². The van der Waals surface area contributed by atoms with Crippen molar-refractivity contribution in [3.05, 3.63) is 82.6 Å². The number of hydrogen-bond acceptors (Lipinski definition) is 4. The number of likely N-dealkylation sites (tertiary alicyclic amines) is 1. The second-order valence-corrected chi connectivity index (χ2v) is 9.20. The molecule has 150 valence electrons. The third-order valence-electron chi connectivity index (χ3n) is 5.38. The minimum atomic E-state index is -0.735. The van der Waals surface area contributed by atoms with E-state index in [1.807, 2.05) is 30.3 Å². The van der Waals surface area contributed by atoms with E-state index in [9.17, 15) is 9.18 Å². The van der Waals surface area contributed by atoms with E-state index in [1.165, 1.54) is 17.8 Å². The lowest BCUT2D eigenvalue weighted by Crippen LogP contribution is -2.43. The molecule has 1 N–H and O–H groups in total. The lowest BCUT2D eigenvalue weighted by Gasteiger charge is -2.36. The number of nitrogens with one attached hydrogen (secondary N) is 1. The number of thioether (sulfide) groups is 1. The SMILES string of the molecule is C=CCN1C[C@H]2CSC(NC(=O)c3ccccc3)=N[C@@]2(c2cc(Br)ccc2F)C1. The third-order valence-corrected chi connectivity index (χ3v) is 6.91. The van der Waals surface area contributed by atoms with E-state index in [1.54, 1.807) is 18.2 Å². The number of carbonyl (C=O) groups excluding carboxylic acids is 1. The first-order valence-corrected chi connectivity index (χ1v) is 11.2. The highest BCUT2D eigenvalue weighted by molar-refractivity contribution is 9.10. The number of halogens is 2. The standard InChI is InChI=1S/C22H21BrFN3OS/c1-2-10-27-12-16-13-29-21(25-20(28)15-6-4-3-5-7-15)26-22(16,14-27)18-11-17(23)8-9-19(18)24/h2-9,11,16H,1,10,12-14H2,(H,25,26,28)/t16-,22-/m0/s1.